The Hall–Kier alpha value is -3.04. The van der Waals surface area contributed by atoms with Crippen molar-refractivity contribution in [1.29, 1.82) is 0 Å². The second kappa shape index (κ2) is 6.36. The van der Waals surface area contributed by atoms with Gasteiger partial charge in [-0.15, -0.1) is 0 Å². The molecule has 26 heavy (non-hydrogen) atoms. The molecule has 2 N–H and O–H groups in total. The highest BCUT2D eigenvalue weighted by atomic mass is 16.7. The molecule has 6 nitrogen and oxygen atoms in total. The van der Waals surface area contributed by atoms with Crippen LogP contribution in [0.2, 0.25) is 0 Å². The second-order valence-corrected chi connectivity index (χ2v) is 6.58. The number of hydroxylamine groups is 2. The molecule has 0 radical (unpaired) electrons. The fourth-order valence-electron chi connectivity index (χ4n) is 3.60. The first-order chi connectivity index (χ1) is 12.6. The number of para-hydroxylation sites is 1. The van der Waals surface area contributed by atoms with Gasteiger partial charge in [0.05, 0.1) is 24.7 Å². The lowest BCUT2D eigenvalue weighted by Gasteiger charge is -2.39. The summed E-state index contributed by atoms with van der Waals surface area (Å²) in [5.41, 5.74) is 7.85. The molecular formula is C20H20N4O2. The fourth-order valence-corrected chi connectivity index (χ4v) is 3.60. The largest absolute Gasteiger partial charge is 0.493 e. The third-order valence-electron chi connectivity index (χ3n) is 4.97. The molecule has 2 aliphatic rings. The summed E-state index contributed by atoms with van der Waals surface area (Å²) in [5, 5.41) is 1.52. The number of nitrogens with zero attached hydrogens (tertiary/aromatic N) is 3. The van der Waals surface area contributed by atoms with Crippen molar-refractivity contribution in [2.45, 2.75) is 18.6 Å². The maximum Gasteiger partial charge on any atom is 0.224 e. The molecule has 0 aliphatic carbocycles. The van der Waals surface area contributed by atoms with Crippen LogP contribution in [-0.2, 0) is 17.0 Å². The SMILES string of the molecule is [C-]#[N+]c1cccc(CCC2COc3ccccc3C23N=C(N)N(C)O3)c1. The van der Waals surface area contributed by atoms with Crippen LogP contribution in [0.3, 0.4) is 0 Å². The Balaban J connectivity index is 1.64. The minimum Gasteiger partial charge on any atom is -0.493 e. The van der Waals surface area contributed by atoms with Crippen LogP contribution in [0.25, 0.3) is 4.85 Å². The number of ether oxygens (including phenoxy) is 1. The van der Waals surface area contributed by atoms with Crippen molar-refractivity contribution in [3.8, 4) is 5.75 Å². The van der Waals surface area contributed by atoms with Crippen LogP contribution in [0.15, 0.2) is 53.5 Å². The van der Waals surface area contributed by atoms with E-state index < -0.39 is 5.72 Å². The molecular weight excluding hydrogens is 328 g/mol. The van der Waals surface area contributed by atoms with Gasteiger partial charge in [-0.3, -0.25) is 0 Å². The molecule has 0 bridgehead atoms. The number of hydrogen-bond donors (Lipinski definition) is 1. The van der Waals surface area contributed by atoms with Crippen molar-refractivity contribution in [1.82, 2.24) is 5.06 Å². The van der Waals surface area contributed by atoms with Crippen molar-refractivity contribution in [3.63, 3.8) is 0 Å². The van der Waals surface area contributed by atoms with Gasteiger partial charge in [-0.2, -0.15) is 0 Å². The van der Waals surface area contributed by atoms with E-state index in [0.29, 0.717) is 18.3 Å². The van der Waals surface area contributed by atoms with Crippen LogP contribution < -0.4 is 10.5 Å². The Morgan fingerprint density at radius 3 is 2.92 bits per heavy atom. The zero-order chi connectivity index (χ0) is 18.1. The number of fused-ring (bicyclic) bond motifs is 2. The number of aryl methyl sites for hydroxylation is 1. The smallest absolute Gasteiger partial charge is 0.224 e. The van der Waals surface area contributed by atoms with Crippen molar-refractivity contribution in [2.24, 2.45) is 16.6 Å². The Labute approximate surface area is 152 Å². The number of nitrogens with two attached hydrogens (primary N) is 1. The molecule has 2 unspecified atom stereocenters. The van der Waals surface area contributed by atoms with E-state index >= 15 is 0 Å². The molecule has 2 aliphatic heterocycles. The summed E-state index contributed by atoms with van der Waals surface area (Å²) in [6.45, 7) is 7.68. The number of benzene rings is 2. The van der Waals surface area contributed by atoms with Crippen molar-refractivity contribution < 1.29 is 9.57 Å². The summed E-state index contributed by atoms with van der Waals surface area (Å²) in [6.07, 6.45) is 1.62. The number of rotatable bonds is 3. The highest BCUT2D eigenvalue weighted by molar-refractivity contribution is 5.78. The van der Waals surface area contributed by atoms with E-state index in [1.54, 1.807) is 7.05 Å². The van der Waals surface area contributed by atoms with Crippen LogP contribution >= 0.6 is 0 Å². The first-order valence-corrected chi connectivity index (χ1v) is 8.59. The lowest BCUT2D eigenvalue weighted by molar-refractivity contribution is -0.209. The van der Waals surface area contributed by atoms with Gasteiger partial charge in [0.15, 0.2) is 5.69 Å². The van der Waals surface area contributed by atoms with E-state index in [-0.39, 0.29) is 5.92 Å². The summed E-state index contributed by atoms with van der Waals surface area (Å²) >= 11 is 0. The molecule has 0 saturated carbocycles. The minimum atomic E-state index is -0.856. The molecule has 0 aromatic heterocycles. The normalized spacial score (nSPS) is 23.9. The van der Waals surface area contributed by atoms with Gasteiger partial charge >= 0.3 is 0 Å². The van der Waals surface area contributed by atoms with Crippen molar-refractivity contribution in [2.75, 3.05) is 13.7 Å². The zero-order valence-electron chi connectivity index (χ0n) is 14.6. The first-order valence-electron chi connectivity index (χ1n) is 8.59. The molecule has 2 heterocycles. The molecule has 0 amide bonds. The summed E-state index contributed by atoms with van der Waals surface area (Å²) in [7, 11) is 1.77. The van der Waals surface area contributed by atoms with Crippen LogP contribution in [0, 0.1) is 12.5 Å². The molecule has 2 atom stereocenters. The molecule has 6 heteroatoms. The third-order valence-corrected chi connectivity index (χ3v) is 4.97. The van der Waals surface area contributed by atoms with E-state index in [9.17, 15) is 0 Å². The van der Waals surface area contributed by atoms with Gasteiger partial charge < -0.3 is 10.5 Å². The Bertz CT molecular complexity index is 905. The van der Waals surface area contributed by atoms with Gasteiger partial charge in [0.1, 0.15) is 5.75 Å². The predicted molar refractivity (Wildman–Crippen MR) is 98.6 cm³/mol. The van der Waals surface area contributed by atoms with E-state index in [1.807, 2.05) is 48.5 Å². The molecule has 0 saturated heterocycles. The Morgan fingerprint density at radius 2 is 2.15 bits per heavy atom. The average Bonchev–Trinajstić information content (AvgIpc) is 2.96. The van der Waals surface area contributed by atoms with Crippen LogP contribution in [0.4, 0.5) is 5.69 Å². The quantitative estimate of drug-likeness (QED) is 0.865. The molecule has 1 spiro atoms. The number of hydrogen-bond acceptors (Lipinski definition) is 5. The van der Waals surface area contributed by atoms with Gasteiger partial charge in [0.25, 0.3) is 0 Å². The summed E-state index contributed by atoms with van der Waals surface area (Å²) in [4.78, 5) is 14.4. The molecule has 4 rings (SSSR count). The number of guanidine groups is 1. The van der Waals surface area contributed by atoms with Gasteiger partial charge in [-0.1, -0.05) is 48.0 Å². The highest BCUT2D eigenvalue weighted by Gasteiger charge is 2.51. The topological polar surface area (TPSA) is 64.4 Å². The first kappa shape index (κ1) is 16.4. The summed E-state index contributed by atoms with van der Waals surface area (Å²) in [6, 6.07) is 15.5. The van der Waals surface area contributed by atoms with Gasteiger partial charge in [0.2, 0.25) is 11.7 Å². The van der Waals surface area contributed by atoms with E-state index in [1.165, 1.54) is 5.06 Å². The summed E-state index contributed by atoms with van der Waals surface area (Å²) in [5.74, 6) is 1.16. The standard InChI is InChI=1S/C20H20N4O2/c1-22-16-7-5-6-14(12-16)10-11-15-13-25-18-9-4-3-8-17(18)20(15)23-19(21)24(2)26-20/h3-9,12,15H,10-11,13H2,2H3,(H2,21,23). The maximum atomic E-state index is 7.17. The van der Waals surface area contributed by atoms with E-state index in [4.69, 9.17) is 26.9 Å². The second-order valence-electron chi connectivity index (χ2n) is 6.58. The molecule has 132 valence electrons. The van der Waals surface area contributed by atoms with Crippen LogP contribution in [0.1, 0.15) is 17.5 Å². The Kier molecular flexibility index (Phi) is 4.02. The highest BCUT2D eigenvalue weighted by Crippen LogP contribution is 2.48. The average molecular weight is 348 g/mol. The lowest BCUT2D eigenvalue weighted by atomic mass is 9.83. The van der Waals surface area contributed by atoms with Crippen molar-refractivity contribution >= 4 is 11.6 Å². The summed E-state index contributed by atoms with van der Waals surface area (Å²) < 4.78 is 5.97. The molecule has 2 aromatic rings. The van der Waals surface area contributed by atoms with Gasteiger partial charge in [0, 0.05) is 7.05 Å². The van der Waals surface area contributed by atoms with Crippen LogP contribution in [0.5, 0.6) is 5.75 Å². The zero-order valence-corrected chi connectivity index (χ0v) is 14.6. The van der Waals surface area contributed by atoms with E-state index in [2.05, 4.69) is 4.85 Å². The Morgan fingerprint density at radius 1 is 1.31 bits per heavy atom. The van der Waals surface area contributed by atoms with E-state index in [0.717, 1.165) is 29.7 Å². The fraction of sp³-hybridized carbons (Fsp3) is 0.300. The monoisotopic (exact) mass is 348 g/mol. The van der Waals surface area contributed by atoms with Crippen molar-refractivity contribution in [3.05, 3.63) is 71.1 Å². The van der Waals surface area contributed by atoms with Gasteiger partial charge in [-0.25, -0.2) is 19.7 Å². The van der Waals surface area contributed by atoms with Crippen LogP contribution in [-0.4, -0.2) is 24.7 Å². The molecule has 2 aromatic carbocycles. The van der Waals surface area contributed by atoms with Gasteiger partial charge in [-0.05, 0) is 18.9 Å². The maximum absolute atomic E-state index is 7.17. The molecule has 0 fully saturated rings. The predicted octanol–water partition coefficient (Wildman–Crippen LogP) is 3.22. The third kappa shape index (κ3) is 2.67. The lowest BCUT2D eigenvalue weighted by Crippen LogP contribution is -2.43. The minimum absolute atomic E-state index is 0.0116. The number of aliphatic imine (C=N–C) groups is 1.